The first-order chi connectivity index (χ1) is 16.6. The summed E-state index contributed by atoms with van der Waals surface area (Å²) in [7, 11) is 0. The van der Waals surface area contributed by atoms with Gasteiger partial charge in [-0.1, -0.05) is 54.6 Å². The predicted octanol–water partition coefficient (Wildman–Crippen LogP) is 5.95. The van der Waals surface area contributed by atoms with Crippen molar-refractivity contribution in [2.45, 2.75) is 13.8 Å². The van der Waals surface area contributed by atoms with Crippen LogP contribution in [0.25, 0.3) is 11.1 Å². The topological polar surface area (TPSA) is 36.0 Å². The Morgan fingerprint density at radius 1 is 0.824 bits per heavy atom. The van der Waals surface area contributed by atoms with Crippen LogP contribution < -0.4 is 14.5 Å². The average Bonchev–Trinajstić information content (AvgIpc) is 3.35. The Bertz CT molecular complexity index is 1300. The number of amides is 1. The highest BCUT2D eigenvalue weighted by atomic mass is 32.1. The number of para-hydroxylation sites is 1. The largest absolute Gasteiger partial charge is 0.439 e. The third kappa shape index (κ3) is 3.76. The van der Waals surface area contributed by atoms with Gasteiger partial charge in [0, 0.05) is 24.9 Å². The number of anilines is 2. The lowest BCUT2D eigenvalue weighted by molar-refractivity contribution is -0.122. The van der Waals surface area contributed by atoms with Gasteiger partial charge >= 0.3 is 0 Å². The fourth-order valence-corrected chi connectivity index (χ4v) is 4.72. The third-order valence-corrected chi connectivity index (χ3v) is 6.40. The summed E-state index contributed by atoms with van der Waals surface area (Å²) in [5.74, 6) is 1.37. The number of carbonyl (C=O) groups excluding carboxylic acids is 1. The minimum Gasteiger partial charge on any atom is -0.439 e. The summed E-state index contributed by atoms with van der Waals surface area (Å²) in [6, 6.07) is 26.2. The number of allylic oxidation sites excluding steroid dienone is 2. The van der Waals surface area contributed by atoms with E-state index in [1.807, 2.05) is 72.5 Å². The SMILES string of the molecule is CCN1C(=O)C(=CC=C2Oc3ccc(-c4ccccc4)cc3N2CC)N(c2ccccc2)C1=S. The van der Waals surface area contributed by atoms with Gasteiger partial charge in [0.2, 0.25) is 5.88 Å². The van der Waals surface area contributed by atoms with Crippen LogP contribution in [-0.4, -0.2) is 29.0 Å². The molecule has 34 heavy (non-hydrogen) atoms. The summed E-state index contributed by atoms with van der Waals surface area (Å²) in [4.78, 5) is 18.7. The fourth-order valence-electron chi connectivity index (χ4n) is 4.31. The van der Waals surface area contributed by atoms with Gasteiger partial charge in [0.15, 0.2) is 10.9 Å². The van der Waals surface area contributed by atoms with Gasteiger partial charge in [-0.3, -0.25) is 14.6 Å². The predicted molar refractivity (Wildman–Crippen MR) is 141 cm³/mol. The van der Waals surface area contributed by atoms with Gasteiger partial charge in [0.25, 0.3) is 5.91 Å². The summed E-state index contributed by atoms with van der Waals surface area (Å²) in [6.45, 7) is 5.25. The summed E-state index contributed by atoms with van der Waals surface area (Å²) in [5, 5.41) is 0.485. The lowest BCUT2D eigenvalue weighted by Gasteiger charge is -2.19. The van der Waals surface area contributed by atoms with Crippen LogP contribution in [0.2, 0.25) is 0 Å². The van der Waals surface area contributed by atoms with E-state index in [4.69, 9.17) is 17.0 Å². The standard InChI is InChI=1S/C28H25N3O2S/c1-3-29-24-19-21(20-11-7-5-8-12-20)15-17-25(24)33-26(29)18-16-23-27(32)30(4-2)28(34)31(23)22-13-9-6-10-14-22/h5-19H,3-4H2,1-2H3. The monoisotopic (exact) mass is 467 g/mol. The van der Waals surface area contributed by atoms with Crippen molar-refractivity contribution in [2.24, 2.45) is 0 Å². The van der Waals surface area contributed by atoms with E-state index in [-0.39, 0.29) is 5.91 Å². The van der Waals surface area contributed by atoms with E-state index in [0.29, 0.717) is 23.2 Å². The highest BCUT2D eigenvalue weighted by Gasteiger charge is 2.37. The Hall–Kier alpha value is -3.90. The molecular weight excluding hydrogens is 442 g/mol. The Morgan fingerprint density at radius 2 is 1.50 bits per heavy atom. The molecule has 0 aliphatic carbocycles. The second kappa shape index (κ2) is 9.15. The number of thiocarbonyl (C=S) groups is 1. The van der Waals surface area contributed by atoms with Crippen LogP contribution in [0.1, 0.15) is 13.8 Å². The number of benzene rings is 3. The minimum atomic E-state index is -0.113. The lowest BCUT2D eigenvalue weighted by Crippen LogP contribution is -2.32. The van der Waals surface area contributed by atoms with Crippen molar-refractivity contribution >= 4 is 34.6 Å². The van der Waals surface area contributed by atoms with Crippen LogP contribution in [0.5, 0.6) is 5.75 Å². The second-order valence-electron chi connectivity index (χ2n) is 7.95. The van der Waals surface area contributed by atoms with E-state index >= 15 is 0 Å². The number of hydrogen-bond donors (Lipinski definition) is 0. The Labute approximate surface area is 205 Å². The maximum absolute atomic E-state index is 13.2. The number of ether oxygens (including phenoxy) is 1. The number of hydrogen-bond acceptors (Lipinski definition) is 4. The summed E-state index contributed by atoms with van der Waals surface area (Å²) >= 11 is 5.64. The van der Waals surface area contributed by atoms with E-state index in [1.165, 1.54) is 0 Å². The number of carbonyl (C=O) groups is 1. The van der Waals surface area contributed by atoms with Crippen LogP contribution in [-0.2, 0) is 4.79 Å². The van der Waals surface area contributed by atoms with Crippen molar-refractivity contribution in [3.63, 3.8) is 0 Å². The molecule has 1 saturated heterocycles. The quantitative estimate of drug-likeness (QED) is 0.342. The van der Waals surface area contributed by atoms with Crippen molar-refractivity contribution in [1.29, 1.82) is 0 Å². The van der Waals surface area contributed by atoms with E-state index in [1.54, 1.807) is 11.0 Å². The minimum absolute atomic E-state index is 0.113. The summed E-state index contributed by atoms with van der Waals surface area (Å²) in [6.07, 6.45) is 3.66. The van der Waals surface area contributed by atoms with Crippen molar-refractivity contribution in [3.8, 4) is 16.9 Å². The molecule has 2 aliphatic heterocycles. The lowest BCUT2D eigenvalue weighted by atomic mass is 10.0. The Kier molecular flexibility index (Phi) is 5.90. The molecule has 0 aromatic heterocycles. The zero-order chi connectivity index (χ0) is 23.7. The van der Waals surface area contributed by atoms with Crippen molar-refractivity contribution in [1.82, 2.24) is 4.90 Å². The first-order valence-electron chi connectivity index (χ1n) is 11.4. The maximum atomic E-state index is 13.2. The Morgan fingerprint density at radius 3 is 2.18 bits per heavy atom. The molecule has 1 amide bonds. The van der Waals surface area contributed by atoms with Gasteiger partial charge in [0.1, 0.15) is 5.70 Å². The molecule has 2 aliphatic rings. The molecular formula is C28H25N3O2S. The zero-order valence-electron chi connectivity index (χ0n) is 19.1. The van der Waals surface area contributed by atoms with Crippen LogP contribution in [0.15, 0.2) is 103 Å². The molecule has 1 fully saturated rings. The molecule has 2 heterocycles. The first kappa shape index (κ1) is 21.9. The third-order valence-electron chi connectivity index (χ3n) is 6.00. The molecule has 3 aromatic carbocycles. The molecule has 0 N–H and O–H groups in total. The molecule has 0 saturated carbocycles. The van der Waals surface area contributed by atoms with Crippen LogP contribution in [0.4, 0.5) is 11.4 Å². The van der Waals surface area contributed by atoms with Crippen molar-refractivity contribution in [2.75, 3.05) is 22.9 Å². The highest BCUT2D eigenvalue weighted by Crippen LogP contribution is 2.41. The molecule has 5 nitrogen and oxygen atoms in total. The highest BCUT2D eigenvalue weighted by molar-refractivity contribution is 7.80. The zero-order valence-corrected chi connectivity index (χ0v) is 20.0. The molecule has 6 heteroatoms. The van der Waals surface area contributed by atoms with Crippen LogP contribution >= 0.6 is 12.2 Å². The number of fused-ring (bicyclic) bond motifs is 1. The van der Waals surface area contributed by atoms with Crippen LogP contribution in [0, 0.1) is 0 Å². The molecule has 3 aromatic rings. The first-order valence-corrected chi connectivity index (χ1v) is 11.8. The van der Waals surface area contributed by atoms with Gasteiger partial charge in [-0.2, -0.15) is 0 Å². The number of rotatable bonds is 5. The average molecular weight is 468 g/mol. The normalized spacial score (nSPS) is 17.6. The van der Waals surface area contributed by atoms with Gasteiger partial charge in [-0.15, -0.1) is 0 Å². The maximum Gasteiger partial charge on any atom is 0.277 e. The molecule has 170 valence electrons. The van der Waals surface area contributed by atoms with E-state index in [2.05, 4.69) is 36.1 Å². The van der Waals surface area contributed by atoms with E-state index in [9.17, 15) is 4.79 Å². The van der Waals surface area contributed by atoms with Crippen molar-refractivity contribution in [3.05, 3.63) is 103 Å². The van der Waals surface area contributed by atoms with Gasteiger partial charge in [-0.05, 0) is 67.5 Å². The molecule has 0 bridgehead atoms. The summed E-state index contributed by atoms with van der Waals surface area (Å²) < 4.78 is 6.18. The van der Waals surface area contributed by atoms with Crippen LogP contribution in [0.3, 0.4) is 0 Å². The fraction of sp³-hybridized carbons (Fsp3) is 0.143. The number of likely N-dealkylation sites (N-methyl/N-ethyl adjacent to an activating group) is 1. The molecule has 0 radical (unpaired) electrons. The molecule has 0 spiro atoms. The second-order valence-corrected chi connectivity index (χ2v) is 8.32. The van der Waals surface area contributed by atoms with E-state index in [0.717, 1.165) is 34.8 Å². The van der Waals surface area contributed by atoms with Gasteiger partial charge in [0.05, 0.1) is 5.69 Å². The smallest absolute Gasteiger partial charge is 0.277 e. The Balaban J connectivity index is 1.51. The molecule has 0 atom stereocenters. The van der Waals surface area contributed by atoms with Gasteiger partial charge in [-0.25, -0.2) is 0 Å². The van der Waals surface area contributed by atoms with Crippen molar-refractivity contribution < 1.29 is 9.53 Å². The van der Waals surface area contributed by atoms with Gasteiger partial charge < -0.3 is 9.64 Å². The molecule has 0 unspecified atom stereocenters. The molecule has 5 rings (SSSR count). The van der Waals surface area contributed by atoms with E-state index < -0.39 is 0 Å². The number of nitrogens with zero attached hydrogens (tertiary/aromatic N) is 3. The summed E-state index contributed by atoms with van der Waals surface area (Å²) in [5.41, 5.74) is 4.66.